The smallest absolute Gasteiger partial charge is 0.152 e. The Labute approximate surface area is 342 Å². The Bertz CT molecular complexity index is 3410. The molecule has 12 rings (SSSR count). The standard InChI is InChI=1S/C56H36N2O/c1-2-12-41-34-43(23-22-37(41)10-1)42-14-7-15-47(35-42)57(46-31-26-40(27-32-46)49-17-8-13-39-11-3-4-16-48(39)49)45-29-24-38(25-30-45)44-28-33-52-51(36-44)50-18-9-21-55-56(50)58(52)53-19-5-6-20-54(53)59-55/h1-36H. The van der Waals surface area contributed by atoms with E-state index in [-0.39, 0.29) is 0 Å². The van der Waals surface area contributed by atoms with E-state index in [9.17, 15) is 0 Å². The van der Waals surface area contributed by atoms with Crippen LogP contribution in [0.1, 0.15) is 0 Å². The SMILES string of the molecule is c1cc(-c2ccc3ccccc3c2)cc(N(c2ccc(-c3ccc4c(c3)c3cccc5c3n4-c3ccccc3O5)cc2)c2ccc(-c3cccc4ccccc34)cc2)c1. The lowest BCUT2D eigenvalue weighted by Gasteiger charge is -2.26. The van der Waals surface area contributed by atoms with Crippen LogP contribution in [0.5, 0.6) is 11.5 Å². The Hall–Kier alpha value is -7.88. The molecule has 59 heavy (non-hydrogen) atoms. The number of fused-ring (bicyclic) bond motifs is 7. The van der Waals surface area contributed by atoms with E-state index < -0.39 is 0 Å². The van der Waals surface area contributed by atoms with E-state index in [1.54, 1.807) is 0 Å². The van der Waals surface area contributed by atoms with Crippen molar-refractivity contribution >= 4 is 60.4 Å². The molecule has 1 aliphatic heterocycles. The number of para-hydroxylation sites is 3. The second kappa shape index (κ2) is 13.4. The average molecular weight is 753 g/mol. The highest BCUT2D eigenvalue weighted by Crippen LogP contribution is 2.46. The lowest BCUT2D eigenvalue weighted by atomic mass is 9.97. The number of nitrogens with zero attached hydrogens (tertiary/aromatic N) is 2. The predicted molar refractivity (Wildman–Crippen MR) is 247 cm³/mol. The summed E-state index contributed by atoms with van der Waals surface area (Å²) in [5.74, 6) is 1.76. The van der Waals surface area contributed by atoms with Gasteiger partial charge in [-0.25, -0.2) is 0 Å². The molecule has 0 bridgehead atoms. The van der Waals surface area contributed by atoms with Gasteiger partial charge in [0.15, 0.2) is 11.5 Å². The fourth-order valence-electron chi connectivity index (χ4n) is 9.11. The van der Waals surface area contributed by atoms with Gasteiger partial charge in [0, 0.05) is 27.8 Å². The summed E-state index contributed by atoms with van der Waals surface area (Å²) in [5, 5.41) is 7.38. The summed E-state index contributed by atoms with van der Waals surface area (Å²) in [6.45, 7) is 0. The molecule has 0 unspecified atom stereocenters. The summed E-state index contributed by atoms with van der Waals surface area (Å²) in [7, 11) is 0. The minimum absolute atomic E-state index is 0.875. The van der Waals surface area contributed by atoms with Gasteiger partial charge >= 0.3 is 0 Å². The van der Waals surface area contributed by atoms with Gasteiger partial charge in [-0.2, -0.15) is 0 Å². The number of aromatic nitrogens is 1. The fraction of sp³-hybridized carbons (Fsp3) is 0. The van der Waals surface area contributed by atoms with Crippen molar-refractivity contribution in [3.63, 3.8) is 0 Å². The van der Waals surface area contributed by atoms with Crippen molar-refractivity contribution in [3.05, 3.63) is 218 Å². The van der Waals surface area contributed by atoms with Crippen LogP contribution in [0.2, 0.25) is 0 Å². The molecule has 10 aromatic carbocycles. The Balaban J connectivity index is 0.956. The summed E-state index contributed by atoms with van der Waals surface area (Å²) < 4.78 is 8.72. The largest absolute Gasteiger partial charge is 0.453 e. The predicted octanol–water partition coefficient (Wildman–Crippen LogP) is 15.7. The van der Waals surface area contributed by atoms with E-state index in [4.69, 9.17) is 4.74 Å². The van der Waals surface area contributed by atoms with Crippen LogP contribution in [0.15, 0.2) is 218 Å². The molecule has 0 saturated heterocycles. The molecular formula is C56H36N2O. The number of hydrogen-bond acceptors (Lipinski definition) is 2. The van der Waals surface area contributed by atoms with Crippen LogP contribution in [0, 0.1) is 0 Å². The molecule has 0 spiro atoms. The zero-order chi connectivity index (χ0) is 38.9. The molecule has 1 aromatic heterocycles. The van der Waals surface area contributed by atoms with Crippen LogP contribution in [0.4, 0.5) is 17.1 Å². The third kappa shape index (κ3) is 5.51. The number of rotatable bonds is 6. The molecule has 0 amide bonds. The average Bonchev–Trinajstić information content (AvgIpc) is 3.64. The first-order valence-corrected chi connectivity index (χ1v) is 20.2. The van der Waals surface area contributed by atoms with Gasteiger partial charge in [0.05, 0.1) is 16.7 Å². The molecular weight excluding hydrogens is 717 g/mol. The number of ether oxygens (including phenoxy) is 1. The topological polar surface area (TPSA) is 17.4 Å². The molecule has 276 valence electrons. The molecule has 0 atom stereocenters. The van der Waals surface area contributed by atoms with Gasteiger partial charge in [0.2, 0.25) is 0 Å². The van der Waals surface area contributed by atoms with Crippen molar-refractivity contribution in [1.82, 2.24) is 4.57 Å². The second-order valence-corrected chi connectivity index (χ2v) is 15.4. The van der Waals surface area contributed by atoms with Gasteiger partial charge in [-0.05, 0) is 128 Å². The molecule has 0 fully saturated rings. The summed E-state index contributed by atoms with van der Waals surface area (Å²) in [4.78, 5) is 2.37. The van der Waals surface area contributed by atoms with Gasteiger partial charge in [-0.1, -0.05) is 146 Å². The van der Waals surface area contributed by atoms with Crippen molar-refractivity contribution in [2.24, 2.45) is 0 Å². The summed E-state index contributed by atoms with van der Waals surface area (Å²) in [6.07, 6.45) is 0. The normalized spacial score (nSPS) is 11.9. The molecule has 3 nitrogen and oxygen atoms in total. The van der Waals surface area contributed by atoms with E-state index in [1.807, 2.05) is 12.1 Å². The Morgan fingerprint density at radius 1 is 0.339 bits per heavy atom. The molecule has 0 N–H and O–H groups in total. The lowest BCUT2D eigenvalue weighted by Crippen LogP contribution is -2.10. The highest BCUT2D eigenvalue weighted by Gasteiger charge is 2.23. The molecule has 3 heteroatoms. The zero-order valence-electron chi connectivity index (χ0n) is 32.1. The van der Waals surface area contributed by atoms with Crippen molar-refractivity contribution in [1.29, 1.82) is 0 Å². The van der Waals surface area contributed by atoms with Gasteiger partial charge in [-0.3, -0.25) is 0 Å². The molecule has 0 saturated carbocycles. The molecule has 1 aliphatic rings. The van der Waals surface area contributed by atoms with Gasteiger partial charge in [-0.15, -0.1) is 0 Å². The van der Waals surface area contributed by atoms with Gasteiger partial charge in [0.1, 0.15) is 0 Å². The zero-order valence-corrected chi connectivity index (χ0v) is 32.1. The maximum Gasteiger partial charge on any atom is 0.152 e. The Morgan fingerprint density at radius 3 is 1.81 bits per heavy atom. The highest BCUT2D eigenvalue weighted by molar-refractivity contribution is 6.13. The van der Waals surface area contributed by atoms with Crippen LogP contribution in [-0.4, -0.2) is 4.57 Å². The first-order chi connectivity index (χ1) is 29.2. The van der Waals surface area contributed by atoms with Gasteiger partial charge in [0.25, 0.3) is 0 Å². The summed E-state index contributed by atoms with van der Waals surface area (Å²) >= 11 is 0. The molecule has 0 radical (unpaired) electrons. The highest BCUT2D eigenvalue weighted by atomic mass is 16.5. The maximum absolute atomic E-state index is 6.37. The van der Waals surface area contributed by atoms with Crippen LogP contribution < -0.4 is 9.64 Å². The van der Waals surface area contributed by atoms with E-state index >= 15 is 0 Å². The van der Waals surface area contributed by atoms with E-state index in [0.717, 1.165) is 45.3 Å². The van der Waals surface area contributed by atoms with Crippen LogP contribution in [-0.2, 0) is 0 Å². The van der Waals surface area contributed by atoms with Gasteiger partial charge < -0.3 is 14.2 Å². The van der Waals surface area contributed by atoms with E-state index in [0.29, 0.717) is 0 Å². The quantitative estimate of drug-likeness (QED) is 0.168. The van der Waals surface area contributed by atoms with E-state index in [2.05, 4.69) is 216 Å². The third-order valence-electron chi connectivity index (χ3n) is 11.9. The maximum atomic E-state index is 6.37. The van der Waals surface area contributed by atoms with Crippen molar-refractivity contribution < 1.29 is 4.74 Å². The van der Waals surface area contributed by atoms with Crippen LogP contribution in [0.3, 0.4) is 0 Å². The van der Waals surface area contributed by atoms with Crippen LogP contribution >= 0.6 is 0 Å². The summed E-state index contributed by atoms with van der Waals surface area (Å²) in [5.41, 5.74) is 13.8. The molecule has 11 aromatic rings. The fourth-order valence-corrected chi connectivity index (χ4v) is 9.11. The molecule has 0 aliphatic carbocycles. The van der Waals surface area contributed by atoms with E-state index in [1.165, 1.54) is 65.7 Å². The van der Waals surface area contributed by atoms with Crippen molar-refractivity contribution in [3.8, 4) is 50.6 Å². The second-order valence-electron chi connectivity index (χ2n) is 15.4. The number of benzene rings is 10. The summed E-state index contributed by atoms with van der Waals surface area (Å²) in [6, 6.07) is 78.8. The Morgan fingerprint density at radius 2 is 0.949 bits per heavy atom. The number of hydrogen-bond donors (Lipinski definition) is 0. The van der Waals surface area contributed by atoms with Crippen molar-refractivity contribution in [2.45, 2.75) is 0 Å². The minimum atomic E-state index is 0.875. The number of anilines is 3. The lowest BCUT2D eigenvalue weighted by molar-refractivity contribution is 0.476. The van der Waals surface area contributed by atoms with Crippen molar-refractivity contribution in [2.75, 3.05) is 4.90 Å². The minimum Gasteiger partial charge on any atom is -0.453 e. The molecule has 2 heterocycles. The first-order valence-electron chi connectivity index (χ1n) is 20.2. The third-order valence-corrected chi connectivity index (χ3v) is 11.9. The first kappa shape index (κ1) is 33.3. The van der Waals surface area contributed by atoms with Crippen LogP contribution in [0.25, 0.3) is 82.4 Å². The monoisotopic (exact) mass is 752 g/mol. The Kier molecular flexibility index (Phi) is 7.54.